The third-order valence-electron chi connectivity index (χ3n) is 2.68. The van der Waals surface area contributed by atoms with Crippen LogP contribution >= 0.6 is 0 Å². The first kappa shape index (κ1) is 14.1. The second kappa shape index (κ2) is 6.74. The molecule has 0 aromatic heterocycles. The molecular formula is C16H12N4O. The lowest BCUT2D eigenvalue weighted by atomic mass is 10.2. The van der Waals surface area contributed by atoms with Crippen LogP contribution in [-0.2, 0) is 0 Å². The first-order valence-corrected chi connectivity index (χ1v) is 6.20. The topological polar surface area (TPSA) is 81.2 Å². The van der Waals surface area contributed by atoms with Crippen LogP contribution in [0.4, 0.5) is 5.69 Å². The van der Waals surface area contributed by atoms with E-state index >= 15 is 0 Å². The molecule has 0 fully saturated rings. The van der Waals surface area contributed by atoms with Crippen molar-refractivity contribution in [3.63, 3.8) is 0 Å². The minimum absolute atomic E-state index is 0.227. The van der Waals surface area contributed by atoms with E-state index in [2.05, 4.69) is 10.5 Å². The highest BCUT2D eigenvalue weighted by Gasteiger charge is 2.00. The molecule has 2 aromatic rings. The summed E-state index contributed by atoms with van der Waals surface area (Å²) in [7, 11) is 0. The lowest BCUT2D eigenvalue weighted by Crippen LogP contribution is -1.96. The fourth-order valence-corrected chi connectivity index (χ4v) is 1.59. The monoisotopic (exact) mass is 276 g/mol. The molecule has 5 nitrogen and oxygen atoms in total. The van der Waals surface area contributed by atoms with E-state index in [1.165, 1.54) is 0 Å². The van der Waals surface area contributed by atoms with E-state index < -0.39 is 0 Å². The fraction of sp³-hybridized carbons (Fsp3) is 0.0625. The van der Waals surface area contributed by atoms with Crippen LogP contribution in [0.25, 0.3) is 0 Å². The van der Waals surface area contributed by atoms with Crippen molar-refractivity contribution < 1.29 is 4.74 Å². The van der Waals surface area contributed by atoms with Crippen LogP contribution in [0.5, 0.6) is 11.5 Å². The summed E-state index contributed by atoms with van der Waals surface area (Å²) in [5.74, 6) is 1.49. The number of para-hydroxylation sites is 1. The highest BCUT2D eigenvalue weighted by atomic mass is 16.5. The van der Waals surface area contributed by atoms with Crippen molar-refractivity contribution in [1.29, 1.82) is 10.5 Å². The van der Waals surface area contributed by atoms with Gasteiger partial charge in [-0.05, 0) is 42.8 Å². The zero-order valence-corrected chi connectivity index (χ0v) is 11.4. The van der Waals surface area contributed by atoms with Gasteiger partial charge in [-0.2, -0.15) is 15.6 Å². The van der Waals surface area contributed by atoms with Gasteiger partial charge in [-0.3, -0.25) is 5.43 Å². The maximum absolute atomic E-state index is 8.57. The molecule has 0 amide bonds. The number of hydrazone groups is 1. The normalized spacial score (nSPS) is 9.10. The molecular weight excluding hydrogens is 264 g/mol. The Morgan fingerprint density at radius 2 is 1.71 bits per heavy atom. The summed E-state index contributed by atoms with van der Waals surface area (Å²) in [6.07, 6.45) is 0. The van der Waals surface area contributed by atoms with Gasteiger partial charge in [-0.1, -0.05) is 18.2 Å². The fourth-order valence-electron chi connectivity index (χ4n) is 1.59. The van der Waals surface area contributed by atoms with E-state index in [1.54, 1.807) is 36.4 Å². The molecule has 0 bridgehead atoms. The first-order valence-electron chi connectivity index (χ1n) is 6.20. The van der Waals surface area contributed by atoms with Crippen molar-refractivity contribution in [1.82, 2.24) is 0 Å². The number of benzene rings is 2. The lowest BCUT2D eigenvalue weighted by molar-refractivity contribution is 0.479. The molecule has 5 heteroatoms. The summed E-state index contributed by atoms with van der Waals surface area (Å²) in [4.78, 5) is 0. The average Bonchev–Trinajstić information content (AvgIpc) is 2.52. The van der Waals surface area contributed by atoms with Gasteiger partial charge in [0.05, 0.1) is 5.69 Å². The Bertz CT molecular complexity index is 720. The quantitative estimate of drug-likeness (QED) is 0.683. The summed E-state index contributed by atoms with van der Waals surface area (Å²) in [6, 6.07) is 18.2. The third-order valence-corrected chi connectivity index (χ3v) is 2.68. The van der Waals surface area contributed by atoms with Crippen LogP contribution in [0.2, 0.25) is 0 Å². The van der Waals surface area contributed by atoms with Crippen molar-refractivity contribution in [2.45, 2.75) is 6.92 Å². The molecule has 0 aliphatic heterocycles. The summed E-state index contributed by atoms with van der Waals surface area (Å²) in [6.45, 7) is 1.98. The maximum Gasteiger partial charge on any atom is 0.237 e. The number of nitrogens with one attached hydrogen (secondary N) is 1. The molecule has 102 valence electrons. The number of rotatable bonds is 4. The van der Waals surface area contributed by atoms with Gasteiger partial charge in [-0.25, -0.2) is 0 Å². The molecule has 0 radical (unpaired) electrons. The van der Waals surface area contributed by atoms with Gasteiger partial charge in [0.25, 0.3) is 0 Å². The van der Waals surface area contributed by atoms with E-state index in [1.807, 2.05) is 31.2 Å². The molecule has 0 saturated heterocycles. The third kappa shape index (κ3) is 3.82. The Hall–Kier alpha value is -3.31. The van der Waals surface area contributed by atoms with E-state index in [-0.39, 0.29) is 5.71 Å². The molecule has 0 heterocycles. The van der Waals surface area contributed by atoms with E-state index in [9.17, 15) is 0 Å². The Balaban J connectivity index is 2.07. The first-order chi connectivity index (χ1) is 10.2. The summed E-state index contributed by atoms with van der Waals surface area (Å²) < 4.78 is 5.76. The van der Waals surface area contributed by atoms with Crippen molar-refractivity contribution in [3.8, 4) is 23.6 Å². The van der Waals surface area contributed by atoms with Gasteiger partial charge >= 0.3 is 0 Å². The Kier molecular flexibility index (Phi) is 4.53. The Morgan fingerprint density at radius 3 is 2.33 bits per heavy atom. The molecule has 1 N–H and O–H groups in total. The predicted molar refractivity (Wildman–Crippen MR) is 80.0 cm³/mol. The van der Waals surface area contributed by atoms with Crippen LogP contribution in [0.15, 0.2) is 53.6 Å². The van der Waals surface area contributed by atoms with Crippen molar-refractivity contribution in [2.75, 3.05) is 5.43 Å². The Morgan fingerprint density at radius 1 is 1.05 bits per heavy atom. The van der Waals surface area contributed by atoms with Gasteiger partial charge in [0.1, 0.15) is 23.6 Å². The molecule has 0 spiro atoms. The van der Waals surface area contributed by atoms with E-state index in [4.69, 9.17) is 15.3 Å². The average molecular weight is 276 g/mol. The molecule has 2 rings (SSSR count). The van der Waals surface area contributed by atoms with Crippen molar-refractivity contribution in [2.24, 2.45) is 5.10 Å². The van der Waals surface area contributed by atoms with Crippen LogP contribution in [-0.4, -0.2) is 5.71 Å². The maximum atomic E-state index is 8.57. The van der Waals surface area contributed by atoms with E-state index in [0.29, 0.717) is 11.4 Å². The standard InChI is InChI=1S/C16H12N4O/c1-12-4-2-3-5-16(12)21-15-8-6-13(7-9-15)19-20-14(10-17)11-18/h2-9,19H,1H3. The number of hydrogen-bond acceptors (Lipinski definition) is 5. The molecule has 0 saturated carbocycles. The smallest absolute Gasteiger partial charge is 0.237 e. The number of hydrogen-bond donors (Lipinski definition) is 1. The Labute approximate surface area is 122 Å². The van der Waals surface area contributed by atoms with Crippen LogP contribution in [0.3, 0.4) is 0 Å². The van der Waals surface area contributed by atoms with Gasteiger partial charge in [0.15, 0.2) is 0 Å². The minimum Gasteiger partial charge on any atom is -0.457 e. The zero-order valence-electron chi connectivity index (χ0n) is 11.4. The SMILES string of the molecule is Cc1ccccc1Oc1ccc(NN=C(C#N)C#N)cc1. The molecule has 2 aromatic carbocycles. The highest BCUT2D eigenvalue weighted by molar-refractivity contribution is 6.10. The molecule has 0 unspecified atom stereocenters. The highest BCUT2D eigenvalue weighted by Crippen LogP contribution is 2.25. The number of nitrogens with zero attached hydrogens (tertiary/aromatic N) is 3. The van der Waals surface area contributed by atoms with Crippen LogP contribution in [0.1, 0.15) is 5.56 Å². The molecule has 0 aliphatic carbocycles. The molecule has 0 aliphatic rings. The van der Waals surface area contributed by atoms with Gasteiger partial charge in [-0.15, -0.1) is 0 Å². The second-order valence-corrected chi connectivity index (χ2v) is 4.19. The summed E-state index contributed by atoms with van der Waals surface area (Å²) in [5, 5.41) is 20.8. The number of aryl methyl sites for hydroxylation is 1. The van der Waals surface area contributed by atoms with Gasteiger partial charge in [0.2, 0.25) is 5.71 Å². The van der Waals surface area contributed by atoms with Gasteiger partial charge in [0, 0.05) is 0 Å². The largest absolute Gasteiger partial charge is 0.457 e. The lowest BCUT2D eigenvalue weighted by Gasteiger charge is -2.08. The number of nitriles is 2. The molecule has 21 heavy (non-hydrogen) atoms. The minimum atomic E-state index is -0.227. The van der Waals surface area contributed by atoms with Crippen molar-refractivity contribution >= 4 is 11.4 Å². The van der Waals surface area contributed by atoms with Crippen LogP contribution in [0, 0.1) is 29.6 Å². The number of anilines is 1. The zero-order chi connectivity index (χ0) is 15.1. The van der Waals surface area contributed by atoms with E-state index in [0.717, 1.165) is 11.3 Å². The number of ether oxygens (including phenoxy) is 1. The van der Waals surface area contributed by atoms with Gasteiger partial charge < -0.3 is 4.74 Å². The predicted octanol–water partition coefficient (Wildman–Crippen LogP) is 3.60. The summed E-state index contributed by atoms with van der Waals surface area (Å²) in [5.41, 5.74) is 4.12. The van der Waals surface area contributed by atoms with Crippen LogP contribution < -0.4 is 10.2 Å². The molecule has 0 atom stereocenters. The second-order valence-electron chi connectivity index (χ2n) is 4.19. The van der Waals surface area contributed by atoms with Crippen molar-refractivity contribution in [3.05, 3.63) is 54.1 Å². The summed E-state index contributed by atoms with van der Waals surface area (Å²) >= 11 is 0.